The fourth-order valence-electron chi connectivity index (χ4n) is 2.16. The third kappa shape index (κ3) is 3.84. The number of hydrogen-bond donors (Lipinski definition) is 1. The number of ether oxygens (including phenoxy) is 1. The number of hydrogen-bond acceptors (Lipinski definition) is 3. The normalized spacial score (nSPS) is 10.8. The Labute approximate surface area is 120 Å². The summed E-state index contributed by atoms with van der Waals surface area (Å²) in [7, 11) is 1.91. The Bertz CT molecular complexity index is 548. The quantitative estimate of drug-likeness (QED) is 0.788. The van der Waals surface area contributed by atoms with E-state index >= 15 is 0 Å². The lowest BCUT2D eigenvalue weighted by Gasteiger charge is -2.14. The highest BCUT2D eigenvalue weighted by molar-refractivity contribution is 5.40. The van der Waals surface area contributed by atoms with Crippen LogP contribution >= 0.6 is 0 Å². The van der Waals surface area contributed by atoms with Crippen LogP contribution in [0.15, 0.2) is 30.6 Å². The molecule has 0 saturated heterocycles. The van der Waals surface area contributed by atoms with E-state index in [0.717, 1.165) is 30.8 Å². The first-order valence-corrected chi connectivity index (χ1v) is 7.10. The van der Waals surface area contributed by atoms with Crippen molar-refractivity contribution < 1.29 is 4.74 Å². The van der Waals surface area contributed by atoms with Crippen LogP contribution in [0.5, 0.6) is 5.75 Å². The van der Waals surface area contributed by atoms with Crippen molar-refractivity contribution >= 4 is 0 Å². The molecule has 0 atom stereocenters. The third-order valence-electron chi connectivity index (χ3n) is 3.18. The predicted octanol–water partition coefficient (Wildman–Crippen LogP) is 2.81. The molecule has 4 heteroatoms. The molecule has 1 N–H and O–H groups in total. The Kier molecular flexibility index (Phi) is 5.18. The monoisotopic (exact) mass is 273 g/mol. The van der Waals surface area contributed by atoms with Crippen LogP contribution in [-0.4, -0.2) is 16.3 Å². The highest BCUT2D eigenvalue weighted by Gasteiger charge is 2.07. The molecule has 0 aliphatic carbocycles. The largest absolute Gasteiger partial charge is 0.488 e. The van der Waals surface area contributed by atoms with Gasteiger partial charge in [0.25, 0.3) is 0 Å². The summed E-state index contributed by atoms with van der Waals surface area (Å²) in [5.41, 5.74) is 3.47. The van der Waals surface area contributed by atoms with Crippen molar-refractivity contribution in [2.75, 3.05) is 6.54 Å². The lowest BCUT2D eigenvalue weighted by atomic mass is 10.1. The molecule has 0 radical (unpaired) electrons. The molecular weight excluding hydrogens is 250 g/mol. The summed E-state index contributed by atoms with van der Waals surface area (Å²) in [5, 5.41) is 7.58. The number of para-hydroxylation sites is 1. The highest BCUT2D eigenvalue weighted by Crippen LogP contribution is 2.24. The molecule has 0 fully saturated rings. The lowest BCUT2D eigenvalue weighted by Crippen LogP contribution is -2.15. The summed E-state index contributed by atoms with van der Waals surface area (Å²) in [6.07, 6.45) is 4.96. The van der Waals surface area contributed by atoms with E-state index in [1.54, 1.807) is 4.68 Å². The van der Waals surface area contributed by atoms with Crippen LogP contribution in [0.3, 0.4) is 0 Å². The Morgan fingerprint density at radius 3 is 2.90 bits per heavy atom. The second kappa shape index (κ2) is 7.10. The summed E-state index contributed by atoms with van der Waals surface area (Å²) in [4.78, 5) is 0. The van der Waals surface area contributed by atoms with Crippen LogP contribution in [0, 0.1) is 6.92 Å². The molecule has 1 heterocycles. The van der Waals surface area contributed by atoms with Gasteiger partial charge in [0.05, 0.1) is 6.20 Å². The standard InChI is InChI=1S/C16H23N3O/c1-4-8-17-10-15-7-5-6-13(2)16(15)20-12-14-9-18-19(3)11-14/h5-7,9,11,17H,4,8,10,12H2,1-3H3. The predicted molar refractivity (Wildman–Crippen MR) is 80.7 cm³/mol. The van der Waals surface area contributed by atoms with Gasteiger partial charge in [-0.2, -0.15) is 5.10 Å². The van der Waals surface area contributed by atoms with Crippen molar-refractivity contribution in [3.8, 4) is 5.75 Å². The first-order valence-electron chi connectivity index (χ1n) is 7.10. The molecule has 0 spiro atoms. The summed E-state index contributed by atoms with van der Waals surface area (Å²) in [6, 6.07) is 6.28. The van der Waals surface area contributed by atoms with Gasteiger partial charge in [-0.05, 0) is 25.5 Å². The van der Waals surface area contributed by atoms with E-state index in [1.807, 2.05) is 19.4 Å². The van der Waals surface area contributed by atoms with E-state index in [-0.39, 0.29) is 0 Å². The first kappa shape index (κ1) is 14.6. The van der Waals surface area contributed by atoms with Gasteiger partial charge < -0.3 is 10.1 Å². The fraction of sp³-hybridized carbons (Fsp3) is 0.438. The molecule has 0 aliphatic rings. The molecule has 2 aromatic rings. The molecular formula is C16H23N3O. The van der Waals surface area contributed by atoms with E-state index in [4.69, 9.17) is 4.74 Å². The lowest BCUT2D eigenvalue weighted by molar-refractivity contribution is 0.300. The van der Waals surface area contributed by atoms with Crippen LogP contribution in [0.25, 0.3) is 0 Å². The zero-order valence-electron chi connectivity index (χ0n) is 12.5. The second-order valence-corrected chi connectivity index (χ2v) is 5.05. The maximum absolute atomic E-state index is 6.00. The molecule has 0 unspecified atom stereocenters. The van der Waals surface area contributed by atoms with Gasteiger partial charge >= 0.3 is 0 Å². The topological polar surface area (TPSA) is 39.1 Å². The van der Waals surface area contributed by atoms with E-state index < -0.39 is 0 Å². The number of rotatable bonds is 7. The van der Waals surface area contributed by atoms with Crippen LogP contribution < -0.4 is 10.1 Å². The zero-order chi connectivity index (χ0) is 14.4. The van der Waals surface area contributed by atoms with Gasteiger partial charge in [0, 0.05) is 30.9 Å². The molecule has 4 nitrogen and oxygen atoms in total. The van der Waals surface area contributed by atoms with Crippen molar-refractivity contribution in [3.63, 3.8) is 0 Å². The van der Waals surface area contributed by atoms with Crippen molar-refractivity contribution in [1.29, 1.82) is 0 Å². The van der Waals surface area contributed by atoms with Crippen molar-refractivity contribution in [1.82, 2.24) is 15.1 Å². The number of nitrogens with one attached hydrogen (secondary N) is 1. The first-order chi connectivity index (χ1) is 9.70. The van der Waals surface area contributed by atoms with Gasteiger partial charge in [-0.15, -0.1) is 0 Å². The third-order valence-corrected chi connectivity index (χ3v) is 3.18. The number of benzene rings is 1. The molecule has 1 aromatic heterocycles. The summed E-state index contributed by atoms with van der Waals surface area (Å²) in [6.45, 7) is 6.68. The molecule has 0 aliphatic heterocycles. The number of nitrogens with zero attached hydrogens (tertiary/aromatic N) is 2. The second-order valence-electron chi connectivity index (χ2n) is 5.05. The number of aromatic nitrogens is 2. The Balaban J connectivity index is 2.04. The minimum Gasteiger partial charge on any atom is -0.488 e. The van der Waals surface area contributed by atoms with E-state index in [0.29, 0.717) is 6.61 Å². The molecule has 0 amide bonds. The molecule has 2 rings (SSSR count). The minimum atomic E-state index is 0.555. The average molecular weight is 273 g/mol. The van der Waals surface area contributed by atoms with Gasteiger partial charge in [-0.25, -0.2) is 0 Å². The summed E-state index contributed by atoms with van der Waals surface area (Å²) < 4.78 is 7.80. The van der Waals surface area contributed by atoms with Crippen LogP contribution in [0.2, 0.25) is 0 Å². The van der Waals surface area contributed by atoms with Gasteiger partial charge in [-0.3, -0.25) is 4.68 Å². The molecule has 0 saturated carbocycles. The minimum absolute atomic E-state index is 0.555. The van der Waals surface area contributed by atoms with Gasteiger partial charge in [-0.1, -0.05) is 25.1 Å². The van der Waals surface area contributed by atoms with Gasteiger partial charge in [0.2, 0.25) is 0 Å². The number of aryl methyl sites for hydroxylation is 2. The fourth-order valence-corrected chi connectivity index (χ4v) is 2.16. The van der Waals surface area contributed by atoms with E-state index in [9.17, 15) is 0 Å². The zero-order valence-corrected chi connectivity index (χ0v) is 12.5. The highest BCUT2D eigenvalue weighted by atomic mass is 16.5. The molecule has 108 valence electrons. The van der Waals surface area contributed by atoms with Crippen molar-refractivity contribution in [3.05, 3.63) is 47.3 Å². The van der Waals surface area contributed by atoms with Crippen LogP contribution in [0.1, 0.15) is 30.0 Å². The summed E-state index contributed by atoms with van der Waals surface area (Å²) >= 11 is 0. The van der Waals surface area contributed by atoms with Gasteiger partial charge in [0.15, 0.2) is 0 Å². The molecule has 20 heavy (non-hydrogen) atoms. The van der Waals surface area contributed by atoms with E-state index in [2.05, 4.69) is 42.5 Å². The smallest absolute Gasteiger partial charge is 0.127 e. The molecule has 0 bridgehead atoms. The van der Waals surface area contributed by atoms with Crippen molar-refractivity contribution in [2.45, 2.75) is 33.4 Å². The SMILES string of the molecule is CCCNCc1cccc(C)c1OCc1cnn(C)c1. The summed E-state index contributed by atoms with van der Waals surface area (Å²) in [5.74, 6) is 0.986. The van der Waals surface area contributed by atoms with Crippen LogP contribution in [0.4, 0.5) is 0 Å². The van der Waals surface area contributed by atoms with Crippen LogP contribution in [-0.2, 0) is 20.2 Å². The maximum Gasteiger partial charge on any atom is 0.127 e. The Morgan fingerprint density at radius 1 is 1.35 bits per heavy atom. The average Bonchev–Trinajstić information content (AvgIpc) is 2.84. The van der Waals surface area contributed by atoms with Gasteiger partial charge in [0.1, 0.15) is 12.4 Å². The van der Waals surface area contributed by atoms with E-state index in [1.165, 1.54) is 11.1 Å². The maximum atomic E-state index is 6.00. The molecule has 1 aromatic carbocycles. The Hall–Kier alpha value is -1.81. The van der Waals surface area contributed by atoms with Crippen molar-refractivity contribution in [2.24, 2.45) is 7.05 Å². The Morgan fingerprint density at radius 2 is 2.20 bits per heavy atom.